The molecule has 1 amide bonds. The summed E-state index contributed by atoms with van der Waals surface area (Å²) in [5.41, 5.74) is -0.0825. The largest absolute Gasteiger partial charge is 0.507 e. The standard InChI is InChI=1S/C13H17NO4/c1-13(2,3)12(17)14-8-5-6-10(15)9(7-8)11(16)18-4/h5-7,15H,1-4H3,(H,14,17). The van der Waals surface area contributed by atoms with E-state index in [0.717, 1.165) is 0 Å². The lowest BCUT2D eigenvalue weighted by atomic mass is 9.95. The number of rotatable bonds is 2. The topological polar surface area (TPSA) is 75.6 Å². The van der Waals surface area contributed by atoms with Gasteiger partial charge in [0.25, 0.3) is 0 Å². The first-order chi connectivity index (χ1) is 8.25. The fraction of sp³-hybridized carbons (Fsp3) is 0.385. The van der Waals surface area contributed by atoms with Gasteiger partial charge in [-0.15, -0.1) is 0 Å². The number of hydrogen-bond acceptors (Lipinski definition) is 4. The van der Waals surface area contributed by atoms with Crippen molar-refractivity contribution < 1.29 is 19.4 Å². The summed E-state index contributed by atoms with van der Waals surface area (Å²) < 4.78 is 4.53. The van der Waals surface area contributed by atoms with Gasteiger partial charge < -0.3 is 15.2 Å². The van der Waals surface area contributed by atoms with E-state index in [1.165, 1.54) is 25.3 Å². The van der Waals surface area contributed by atoms with Crippen LogP contribution < -0.4 is 5.32 Å². The molecule has 5 heteroatoms. The Hall–Kier alpha value is -2.04. The molecule has 5 nitrogen and oxygen atoms in total. The molecule has 0 radical (unpaired) electrons. The molecule has 0 bridgehead atoms. The summed E-state index contributed by atoms with van der Waals surface area (Å²) in [5.74, 6) is -1.01. The molecule has 2 N–H and O–H groups in total. The van der Waals surface area contributed by atoms with E-state index < -0.39 is 11.4 Å². The molecule has 0 aliphatic heterocycles. The number of nitrogens with one attached hydrogen (secondary N) is 1. The second kappa shape index (κ2) is 5.08. The van der Waals surface area contributed by atoms with Crippen molar-refractivity contribution in [3.63, 3.8) is 0 Å². The van der Waals surface area contributed by atoms with E-state index in [-0.39, 0.29) is 17.2 Å². The third kappa shape index (κ3) is 3.23. The minimum absolute atomic E-state index is 0.0178. The highest BCUT2D eigenvalue weighted by Gasteiger charge is 2.22. The number of carbonyl (C=O) groups is 2. The van der Waals surface area contributed by atoms with Gasteiger partial charge in [-0.2, -0.15) is 0 Å². The molecule has 1 rings (SSSR count). The summed E-state index contributed by atoms with van der Waals surface area (Å²) in [6.45, 7) is 5.35. The summed E-state index contributed by atoms with van der Waals surface area (Å²) >= 11 is 0. The van der Waals surface area contributed by atoms with Crippen molar-refractivity contribution in [2.24, 2.45) is 5.41 Å². The number of esters is 1. The third-order valence-electron chi connectivity index (χ3n) is 2.34. The van der Waals surface area contributed by atoms with Crippen molar-refractivity contribution in [2.45, 2.75) is 20.8 Å². The van der Waals surface area contributed by atoms with Crippen molar-refractivity contribution in [1.29, 1.82) is 0 Å². The Labute approximate surface area is 106 Å². The molecule has 1 aromatic carbocycles. The van der Waals surface area contributed by atoms with Gasteiger partial charge in [0.05, 0.1) is 7.11 Å². The number of amides is 1. The number of hydrogen-bond donors (Lipinski definition) is 2. The molecular formula is C13H17NO4. The molecule has 98 valence electrons. The summed E-state index contributed by atoms with van der Waals surface area (Å²) in [6, 6.07) is 4.24. The predicted octanol–water partition coefficient (Wildman–Crippen LogP) is 2.16. The minimum Gasteiger partial charge on any atom is -0.507 e. The molecular weight excluding hydrogens is 234 g/mol. The zero-order valence-electron chi connectivity index (χ0n) is 10.9. The lowest BCUT2D eigenvalue weighted by molar-refractivity contribution is -0.123. The van der Waals surface area contributed by atoms with Crippen LogP contribution in [0.2, 0.25) is 0 Å². The van der Waals surface area contributed by atoms with E-state index in [0.29, 0.717) is 5.69 Å². The number of methoxy groups -OCH3 is 1. The maximum Gasteiger partial charge on any atom is 0.341 e. The highest BCUT2D eigenvalue weighted by Crippen LogP contribution is 2.24. The Balaban J connectivity index is 2.99. The van der Waals surface area contributed by atoms with Crippen LogP contribution in [0, 0.1) is 5.41 Å². The summed E-state index contributed by atoms with van der Waals surface area (Å²) in [4.78, 5) is 23.2. The number of phenolic OH excluding ortho intramolecular Hbond substituents is 1. The molecule has 0 saturated heterocycles. The van der Waals surface area contributed by atoms with E-state index >= 15 is 0 Å². The number of aromatic hydroxyl groups is 1. The first-order valence-electron chi connectivity index (χ1n) is 5.48. The van der Waals surface area contributed by atoms with Crippen LogP contribution in [0.1, 0.15) is 31.1 Å². The number of anilines is 1. The second-order valence-electron chi connectivity index (χ2n) is 4.93. The molecule has 18 heavy (non-hydrogen) atoms. The van der Waals surface area contributed by atoms with Gasteiger partial charge in [-0.05, 0) is 18.2 Å². The molecule has 0 saturated carbocycles. The zero-order chi connectivity index (χ0) is 13.9. The first-order valence-corrected chi connectivity index (χ1v) is 5.48. The monoisotopic (exact) mass is 251 g/mol. The van der Waals surface area contributed by atoms with Gasteiger partial charge in [0, 0.05) is 11.1 Å². The maximum atomic E-state index is 11.8. The molecule has 1 aromatic rings. The van der Waals surface area contributed by atoms with Crippen molar-refractivity contribution in [1.82, 2.24) is 0 Å². The van der Waals surface area contributed by atoms with Crippen LogP contribution in [0.4, 0.5) is 5.69 Å². The van der Waals surface area contributed by atoms with Crippen LogP contribution in [0.3, 0.4) is 0 Å². The highest BCUT2D eigenvalue weighted by molar-refractivity contribution is 5.97. The van der Waals surface area contributed by atoms with E-state index in [1.54, 1.807) is 20.8 Å². The Morgan fingerprint density at radius 3 is 2.39 bits per heavy atom. The van der Waals surface area contributed by atoms with Crippen LogP contribution >= 0.6 is 0 Å². The van der Waals surface area contributed by atoms with E-state index in [4.69, 9.17) is 0 Å². The van der Waals surface area contributed by atoms with Crippen molar-refractivity contribution in [2.75, 3.05) is 12.4 Å². The molecule has 0 aliphatic rings. The average molecular weight is 251 g/mol. The van der Waals surface area contributed by atoms with Gasteiger partial charge >= 0.3 is 5.97 Å². The van der Waals surface area contributed by atoms with Crippen LogP contribution in [-0.2, 0) is 9.53 Å². The van der Waals surface area contributed by atoms with Gasteiger partial charge in [-0.25, -0.2) is 4.79 Å². The quantitative estimate of drug-likeness (QED) is 0.624. The van der Waals surface area contributed by atoms with Crippen LogP contribution in [0.5, 0.6) is 5.75 Å². The van der Waals surface area contributed by atoms with Gasteiger partial charge in [0.2, 0.25) is 5.91 Å². The van der Waals surface area contributed by atoms with Crippen molar-refractivity contribution >= 4 is 17.6 Å². The van der Waals surface area contributed by atoms with Crippen molar-refractivity contribution in [3.05, 3.63) is 23.8 Å². The maximum absolute atomic E-state index is 11.8. The summed E-state index contributed by atoms with van der Waals surface area (Å²) in [7, 11) is 1.22. The van der Waals surface area contributed by atoms with E-state index in [2.05, 4.69) is 10.1 Å². The minimum atomic E-state index is -0.653. The molecule has 0 aliphatic carbocycles. The smallest absolute Gasteiger partial charge is 0.341 e. The van der Waals surface area contributed by atoms with Crippen LogP contribution in [0.25, 0.3) is 0 Å². The van der Waals surface area contributed by atoms with Crippen LogP contribution in [-0.4, -0.2) is 24.1 Å². The summed E-state index contributed by atoms with van der Waals surface area (Å²) in [6.07, 6.45) is 0. The third-order valence-corrected chi connectivity index (χ3v) is 2.34. The normalized spacial score (nSPS) is 10.9. The summed E-state index contributed by atoms with van der Waals surface area (Å²) in [5, 5.41) is 12.2. The molecule has 0 atom stereocenters. The number of ether oxygens (including phenoxy) is 1. The Morgan fingerprint density at radius 2 is 1.89 bits per heavy atom. The van der Waals surface area contributed by atoms with Gasteiger partial charge in [-0.1, -0.05) is 20.8 Å². The Bertz CT molecular complexity index is 474. The molecule has 0 unspecified atom stereocenters. The first kappa shape index (κ1) is 14.0. The Morgan fingerprint density at radius 1 is 1.28 bits per heavy atom. The van der Waals surface area contributed by atoms with Crippen LogP contribution in [0.15, 0.2) is 18.2 Å². The van der Waals surface area contributed by atoms with Gasteiger partial charge in [-0.3, -0.25) is 4.79 Å². The average Bonchev–Trinajstić information content (AvgIpc) is 2.29. The zero-order valence-corrected chi connectivity index (χ0v) is 10.9. The molecule has 0 fully saturated rings. The van der Waals surface area contributed by atoms with E-state index in [9.17, 15) is 14.7 Å². The number of benzene rings is 1. The predicted molar refractivity (Wildman–Crippen MR) is 67.5 cm³/mol. The molecule has 0 spiro atoms. The van der Waals surface area contributed by atoms with E-state index in [1.807, 2.05) is 0 Å². The fourth-order valence-electron chi connectivity index (χ4n) is 1.21. The second-order valence-corrected chi connectivity index (χ2v) is 4.93. The number of carbonyl (C=O) groups excluding carboxylic acids is 2. The molecule has 0 aromatic heterocycles. The lowest BCUT2D eigenvalue weighted by Crippen LogP contribution is -2.27. The van der Waals surface area contributed by atoms with Crippen molar-refractivity contribution in [3.8, 4) is 5.75 Å². The number of phenols is 1. The highest BCUT2D eigenvalue weighted by atomic mass is 16.5. The lowest BCUT2D eigenvalue weighted by Gasteiger charge is -2.18. The van der Waals surface area contributed by atoms with Gasteiger partial charge in [0.15, 0.2) is 0 Å². The fourth-order valence-corrected chi connectivity index (χ4v) is 1.21. The molecule has 0 heterocycles. The SMILES string of the molecule is COC(=O)c1cc(NC(=O)C(C)(C)C)ccc1O. The Kier molecular flexibility index (Phi) is 3.96. The van der Waals surface area contributed by atoms with Gasteiger partial charge in [0.1, 0.15) is 11.3 Å².